The summed E-state index contributed by atoms with van der Waals surface area (Å²) in [5.74, 6) is 0.519. The smallest absolute Gasteiger partial charge is 0.223 e. The van der Waals surface area contributed by atoms with Crippen LogP contribution >= 0.6 is 0 Å². The number of aromatic nitrogens is 1. The quantitative estimate of drug-likeness (QED) is 0.563. The minimum absolute atomic E-state index is 0.000779. The van der Waals surface area contributed by atoms with E-state index < -0.39 is 0 Å². The third kappa shape index (κ3) is 4.97. The number of nitrogens with zero attached hydrogens (tertiary/aromatic N) is 2. The lowest BCUT2D eigenvalue weighted by Crippen LogP contribution is -2.42. The van der Waals surface area contributed by atoms with E-state index in [1.165, 1.54) is 6.07 Å². The second kappa shape index (κ2) is 9.92. The van der Waals surface area contributed by atoms with Crippen LogP contribution in [0.5, 0.6) is 5.75 Å². The Bertz CT molecular complexity index is 1100. The summed E-state index contributed by atoms with van der Waals surface area (Å²) < 4.78 is 25.4. The number of morpholine rings is 1. The lowest BCUT2D eigenvalue weighted by Gasteiger charge is -2.33. The van der Waals surface area contributed by atoms with Crippen LogP contribution in [0, 0.1) is 12.7 Å². The molecule has 1 aromatic heterocycles. The van der Waals surface area contributed by atoms with Gasteiger partial charge in [0.05, 0.1) is 26.0 Å². The van der Waals surface area contributed by atoms with Gasteiger partial charge < -0.3 is 14.4 Å². The molecule has 1 saturated heterocycles. The number of carbonyl (C=O) groups excluding carboxylic acids is 1. The average Bonchev–Trinajstić information content (AvgIpc) is 2.83. The third-order valence-corrected chi connectivity index (χ3v) is 5.71. The first-order chi connectivity index (χ1) is 15.5. The number of pyridine rings is 1. The average molecular weight is 435 g/mol. The summed E-state index contributed by atoms with van der Waals surface area (Å²) in [4.78, 5) is 19.3. The summed E-state index contributed by atoms with van der Waals surface area (Å²) in [6.07, 6.45) is 0.338. The van der Waals surface area contributed by atoms with Gasteiger partial charge in [-0.25, -0.2) is 4.39 Å². The number of ether oxygens (including phenoxy) is 2. The number of methoxy groups -OCH3 is 1. The van der Waals surface area contributed by atoms with Crippen molar-refractivity contribution in [3.8, 4) is 16.9 Å². The highest BCUT2D eigenvalue weighted by molar-refractivity contribution is 5.76. The molecule has 1 aliphatic rings. The van der Waals surface area contributed by atoms with Gasteiger partial charge in [0.15, 0.2) is 0 Å². The van der Waals surface area contributed by atoms with Gasteiger partial charge in [-0.05, 0) is 48.7 Å². The lowest BCUT2D eigenvalue weighted by molar-refractivity contribution is -0.139. The molecule has 5 nitrogen and oxygen atoms in total. The largest absolute Gasteiger partial charge is 0.496 e. The van der Waals surface area contributed by atoms with Crippen molar-refractivity contribution in [1.29, 1.82) is 0 Å². The summed E-state index contributed by atoms with van der Waals surface area (Å²) in [7, 11) is 1.66. The van der Waals surface area contributed by atoms with Crippen LogP contribution in [-0.4, -0.2) is 42.6 Å². The lowest BCUT2D eigenvalue weighted by atomic mass is 10.0. The molecular formula is C26H27FN2O3. The predicted molar refractivity (Wildman–Crippen MR) is 121 cm³/mol. The fourth-order valence-corrected chi connectivity index (χ4v) is 4.05. The Labute approximate surface area is 187 Å². The number of amides is 1. The molecule has 2 heterocycles. The molecular weight excluding hydrogens is 407 g/mol. The van der Waals surface area contributed by atoms with Crippen LogP contribution < -0.4 is 4.74 Å². The van der Waals surface area contributed by atoms with Crippen molar-refractivity contribution in [2.24, 2.45) is 0 Å². The molecule has 32 heavy (non-hydrogen) atoms. The van der Waals surface area contributed by atoms with Crippen molar-refractivity contribution >= 4 is 5.91 Å². The maximum atomic E-state index is 13.9. The van der Waals surface area contributed by atoms with E-state index in [9.17, 15) is 9.18 Å². The minimum atomic E-state index is -0.311. The van der Waals surface area contributed by atoms with Gasteiger partial charge in [0, 0.05) is 24.2 Å². The van der Waals surface area contributed by atoms with Crippen molar-refractivity contribution in [2.75, 3.05) is 26.8 Å². The van der Waals surface area contributed by atoms with E-state index in [1.807, 2.05) is 43.3 Å². The Morgan fingerprint density at radius 3 is 2.78 bits per heavy atom. The molecule has 6 heteroatoms. The van der Waals surface area contributed by atoms with Crippen LogP contribution in [0.4, 0.5) is 4.39 Å². The van der Waals surface area contributed by atoms with Gasteiger partial charge in [0.1, 0.15) is 17.7 Å². The number of rotatable bonds is 6. The van der Waals surface area contributed by atoms with Crippen LogP contribution in [0.1, 0.15) is 29.5 Å². The van der Waals surface area contributed by atoms with Gasteiger partial charge in [-0.15, -0.1) is 0 Å². The van der Waals surface area contributed by atoms with Crippen molar-refractivity contribution in [3.63, 3.8) is 0 Å². The Morgan fingerprint density at radius 1 is 1.19 bits per heavy atom. The van der Waals surface area contributed by atoms with Crippen molar-refractivity contribution in [3.05, 3.63) is 83.4 Å². The first kappa shape index (κ1) is 22.0. The zero-order chi connectivity index (χ0) is 22.5. The summed E-state index contributed by atoms with van der Waals surface area (Å²) in [5, 5.41) is 0. The molecule has 0 aliphatic carbocycles. The molecule has 1 fully saturated rings. The number of para-hydroxylation sites is 1. The summed E-state index contributed by atoms with van der Waals surface area (Å²) in [6.45, 7) is 3.34. The Kier molecular flexibility index (Phi) is 6.81. The summed E-state index contributed by atoms with van der Waals surface area (Å²) >= 11 is 0. The van der Waals surface area contributed by atoms with Crippen LogP contribution in [-0.2, 0) is 16.0 Å². The summed E-state index contributed by atoms with van der Waals surface area (Å²) in [6, 6.07) is 18.5. The van der Waals surface area contributed by atoms with Crippen molar-refractivity contribution in [2.45, 2.75) is 25.9 Å². The van der Waals surface area contributed by atoms with E-state index in [4.69, 9.17) is 9.47 Å². The van der Waals surface area contributed by atoms with Gasteiger partial charge in [0.25, 0.3) is 0 Å². The predicted octanol–water partition coefficient (Wildman–Crippen LogP) is 4.74. The maximum Gasteiger partial charge on any atom is 0.223 e. The van der Waals surface area contributed by atoms with Crippen LogP contribution in [0.3, 0.4) is 0 Å². The van der Waals surface area contributed by atoms with Gasteiger partial charge in [-0.2, -0.15) is 0 Å². The Balaban J connectivity index is 1.49. The zero-order valence-electron chi connectivity index (χ0n) is 18.4. The monoisotopic (exact) mass is 434 g/mol. The van der Waals surface area contributed by atoms with E-state index >= 15 is 0 Å². The molecule has 1 amide bonds. The molecule has 0 bridgehead atoms. The maximum absolute atomic E-state index is 13.9. The molecule has 1 aliphatic heterocycles. The van der Waals surface area contributed by atoms with E-state index in [2.05, 4.69) is 4.98 Å². The normalized spacial score (nSPS) is 16.1. The number of benzene rings is 2. The van der Waals surface area contributed by atoms with E-state index in [-0.39, 0.29) is 24.2 Å². The molecule has 3 aromatic rings. The fourth-order valence-electron chi connectivity index (χ4n) is 4.05. The van der Waals surface area contributed by atoms with Gasteiger partial charge >= 0.3 is 0 Å². The van der Waals surface area contributed by atoms with E-state index in [1.54, 1.807) is 30.2 Å². The minimum Gasteiger partial charge on any atom is -0.496 e. The highest BCUT2D eigenvalue weighted by atomic mass is 19.1. The molecule has 0 spiro atoms. The fraction of sp³-hybridized carbons (Fsp3) is 0.308. The first-order valence-electron chi connectivity index (χ1n) is 10.8. The molecule has 166 valence electrons. The SMILES string of the molecule is COc1ccccc1-c1cc(C)nc(C2CN(C(=O)CCc3ccccc3F)CCO2)c1. The second-order valence-electron chi connectivity index (χ2n) is 7.91. The second-order valence-corrected chi connectivity index (χ2v) is 7.91. The van der Waals surface area contributed by atoms with E-state index in [0.717, 1.165) is 28.3 Å². The van der Waals surface area contributed by atoms with Crippen molar-refractivity contribution in [1.82, 2.24) is 9.88 Å². The number of hydrogen-bond donors (Lipinski definition) is 0. The Morgan fingerprint density at radius 2 is 1.97 bits per heavy atom. The van der Waals surface area contributed by atoms with Crippen LogP contribution in [0.15, 0.2) is 60.7 Å². The zero-order valence-corrected chi connectivity index (χ0v) is 18.4. The molecule has 0 radical (unpaired) electrons. The highest BCUT2D eigenvalue weighted by Crippen LogP contribution is 2.32. The van der Waals surface area contributed by atoms with Crippen molar-refractivity contribution < 1.29 is 18.7 Å². The topological polar surface area (TPSA) is 51.7 Å². The Hall–Kier alpha value is -3.25. The third-order valence-electron chi connectivity index (χ3n) is 5.71. The number of carbonyl (C=O) groups is 1. The van der Waals surface area contributed by atoms with Crippen LogP contribution in [0.25, 0.3) is 11.1 Å². The molecule has 1 unspecified atom stereocenters. The standard InChI is InChI=1S/C26H27FN2O3/c1-18-15-20(21-8-4-6-10-24(21)31-2)16-23(28-18)25-17-29(13-14-32-25)26(30)12-11-19-7-3-5-9-22(19)27/h3-10,15-16,25H,11-14,17H2,1-2H3. The summed E-state index contributed by atoms with van der Waals surface area (Å²) in [5.41, 5.74) is 4.20. The number of halogens is 1. The van der Waals surface area contributed by atoms with Crippen LogP contribution in [0.2, 0.25) is 0 Å². The molecule has 0 saturated carbocycles. The number of hydrogen-bond acceptors (Lipinski definition) is 4. The van der Waals surface area contributed by atoms with Gasteiger partial charge in [0.2, 0.25) is 5.91 Å². The van der Waals surface area contributed by atoms with Gasteiger partial charge in [-0.1, -0.05) is 36.4 Å². The highest BCUT2D eigenvalue weighted by Gasteiger charge is 2.27. The van der Waals surface area contributed by atoms with E-state index in [0.29, 0.717) is 31.7 Å². The molecule has 2 aromatic carbocycles. The molecule has 1 atom stereocenters. The van der Waals surface area contributed by atoms with Gasteiger partial charge in [-0.3, -0.25) is 9.78 Å². The molecule has 0 N–H and O–H groups in total. The number of aryl methyl sites for hydroxylation is 2. The first-order valence-corrected chi connectivity index (χ1v) is 10.8. The molecule has 4 rings (SSSR count).